The molecule has 0 bridgehead atoms. The molecule has 19 valence electrons. The van der Waals surface area contributed by atoms with Crippen molar-refractivity contribution in [3.8, 4) is 0 Å². The van der Waals surface area contributed by atoms with Crippen LogP contribution in [-0.2, 0) is 0 Å². The van der Waals surface area contributed by atoms with E-state index in [2.05, 4.69) is 0 Å². The minimum Gasteiger partial charge on any atom is 0 e. The first-order valence-corrected chi connectivity index (χ1v) is 0. The fraction of sp³-hybridized carbons (Fsp3) is 0. The minimum atomic E-state index is 0. The van der Waals surface area contributed by atoms with Crippen LogP contribution >= 0.6 is 0 Å². The molecule has 0 amide bonds. The first-order valence-electron chi connectivity index (χ1n) is 0. The summed E-state index contributed by atoms with van der Waals surface area (Å²) in [5, 5.41) is 0. The molecule has 0 N–H and O–H groups in total. The van der Waals surface area contributed by atoms with Gasteiger partial charge in [-0.15, -0.1) is 0 Å². The van der Waals surface area contributed by atoms with E-state index in [0.29, 0.717) is 0 Å². The van der Waals surface area contributed by atoms with Crippen LogP contribution in [0.4, 0.5) is 0 Å². The van der Waals surface area contributed by atoms with Crippen LogP contribution in [0, 0.1) is 0 Å². The Morgan fingerprint density at radius 3 is 0.400 bits per heavy atom. The Hall–Kier alpha value is 4.25. The summed E-state index contributed by atoms with van der Waals surface area (Å²) in [6.07, 6.45) is 0. The molecule has 0 aliphatic carbocycles. The topological polar surface area (TPSA) is 0 Å². The van der Waals surface area contributed by atoms with Crippen molar-refractivity contribution in [3.63, 3.8) is 0 Å². The summed E-state index contributed by atoms with van der Waals surface area (Å²) in [4.78, 5) is 0. The van der Waals surface area contributed by atoms with Gasteiger partial charge in [0.1, 0.15) is 0 Å². The van der Waals surface area contributed by atoms with Gasteiger partial charge in [0.25, 0.3) is 0 Å². The number of hydrogen-bond donors (Lipinski definition) is 0. The zero-order valence-corrected chi connectivity index (χ0v) is 17.6. The van der Waals surface area contributed by atoms with Crippen LogP contribution < -0.4 is 0 Å². The maximum Gasteiger partial charge on any atom is 0 e. The number of hydrogen-bond acceptors (Lipinski definition) is 0. The fourth-order valence-corrected chi connectivity index (χ4v) is 0. The van der Waals surface area contributed by atoms with Crippen molar-refractivity contribution >= 4 is 126 Å². The van der Waals surface area contributed by atoms with E-state index in [1.165, 1.54) is 0 Å². The summed E-state index contributed by atoms with van der Waals surface area (Å²) >= 11 is 0. The molecule has 5 heteroatoms. The van der Waals surface area contributed by atoms with Crippen LogP contribution in [-0.4, -0.2) is 126 Å². The van der Waals surface area contributed by atoms with Gasteiger partial charge >= 0.3 is 0 Å². The quantitative estimate of drug-likeness (QED) is 0.291. The van der Waals surface area contributed by atoms with Gasteiger partial charge in [-0.3, -0.25) is 0 Å². The molecule has 0 aromatic rings. The molecule has 0 aliphatic heterocycles. The second kappa shape index (κ2) is 24.0. The van der Waals surface area contributed by atoms with Gasteiger partial charge in [-0.2, -0.15) is 0 Å². The van der Waals surface area contributed by atoms with E-state index < -0.39 is 0 Å². The summed E-state index contributed by atoms with van der Waals surface area (Å²) < 4.78 is 0. The molecule has 0 aromatic heterocycles. The summed E-state index contributed by atoms with van der Waals surface area (Å²) in [6.45, 7) is 0. The van der Waals surface area contributed by atoms with Gasteiger partial charge in [0.2, 0.25) is 0 Å². The molecule has 0 aliphatic rings. The molecular weight excluding hydrogens is 588 g/mol. The molecule has 0 atom stereocenters. The average molecular weight is 588 g/mol. The zero-order chi connectivity index (χ0) is 0. The van der Waals surface area contributed by atoms with E-state index in [1.807, 2.05) is 0 Å². The fourth-order valence-electron chi connectivity index (χ4n) is 0. The molecule has 0 heterocycles. The predicted octanol–water partition coefficient (Wildman–Crippen LogP) is -1.90. The normalized spacial score (nSPS) is 0. The Kier molecular flexibility index (Phi) is 167. The van der Waals surface area contributed by atoms with E-state index in [0.717, 1.165) is 0 Å². The molecule has 0 rings (SSSR count). The second-order valence-corrected chi connectivity index (χ2v) is 0. The summed E-state index contributed by atoms with van der Waals surface area (Å²) in [5.41, 5.74) is 0. The molecule has 0 nitrogen and oxygen atoms in total. The molecule has 5 heavy (non-hydrogen) atoms. The summed E-state index contributed by atoms with van der Waals surface area (Å²) in [6, 6.07) is 0. The van der Waals surface area contributed by atoms with Crippen molar-refractivity contribution in [2.24, 2.45) is 0 Å². The van der Waals surface area contributed by atoms with Crippen molar-refractivity contribution in [1.29, 1.82) is 0 Å². The van der Waals surface area contributed by atoms with E-state index in [-0.39, 0.29) is 126 Å². The van der Waals surface area contributed by atoms with Gasteiger partial charge in [-0.05, 0) is 0 Å². The molecule has 0 aromatic carbocycles. The zero-order valence-electron chi connectivity index (χ0n) is 2.63. The van der Waals surface area contributed by atoms with Crippen LogP contribution in [0.2, 0.25) is 0 Å². The molecule has 0 fully saturated rings. The molecular formula is In3Sb2. The largest absolute Gasteiger partial charge is 0 e. The Labute approximate surface area is 123 Å². The Morgan fingerprint density at radius 1 is 0.400 bits per heavy atom. The third-order valence-electron chi connectivity index (χ3n) is 0. The van der Waals surface area contributed by atoms with E-state index in [4.69, 9.17) is 0 Å². The maximum atomic E-state index is 0. The molecule has 15 radical (unpaired) electrons. The van der Waals surface area contributed by atoms with Crippen LogP contribution in [0.25, 0.3) is 0 Å². The third-order valence-corrected chi connectivity index (χ3v) is 0. The van der Waals surface area contributed by atoms with Crippen molar-refractivity contribution in [1.82, 2.24) is 0 Å². The number of rotatable bonds is 0. The smallest absolute Gasteiger partial charge is 0 e. The van der Waals surface area contributed by atoms with Crippen LogP contribution in [0.1, 0.15) is 0 Å². The third kappa shape index (κ3) is 17.8. The van der Waals surface area contributed by atoms with Gasteiger partial charge in [-0.1, -0.05) is 0 Å². The van der Waals surface area contributed by atoms with Gasteiger partial charge in [-0.25, -0.2) is 0 Å². The van der Waals surface area contributed by atoms with Crippen molar-refractivity contribution in [3.05, 3.63) is 0 Å². The maximum absolute atomic E-state index is 0. The first kappa shape index (κ1) is 34.9. The minimum absolute atomic E-state index is 0. The van der Waals surface area contributed by atoms with Gasteiger partial charge in [0, 0.05) is 126 Å². The summed E-state index contributed by atoms with van der Waals surface area (Å²) in [7, 11) is 0. The molecule has 0 spiro atoms. The SMILES string of the molecule is [In].[In].[In].[Sb].[Sb]. The van der Waals surface area contributed by atoms with Gasteiger partial charge in [0.05, 0.1) is 0 Å². The van der Waals surface area contributed by atoms with Crippen LogP contribution in [0.5, 0.6) is 0 Å². The molecule has 0 saturated carbocycles. The predicted molar refractivity (Wildman–Crippen MR) is 28.8 cm³/mol. The molecule has 0 saturated heterocycles. The van der Waals surface area contributed by atoms with Crippen molar-refractivity contribution in [2.75, 3.05) is 0 Å². The van der Waals surface area contributed by atoms with Gasteiger partial charge < -0.3 is 0 Å². The standard InChI is InChI=1S/3In.2Sb. The molecule has 0 unspecified atom stereocenters. The van der Waals surface area contributed by atoms with Crippen molar-refractivity contribution in [2.45, 2.75) is 0 Å². The van der Waals surface area contributed by atoms with E-state index in [1.54, 1.807) is 0 Å². The summed E-state index contributed by atoms with van der Waals surface area (Å²) in [5.74, 6) is 0. The Bertz CT molecular complexity index is 4.85. The first-order chi connectivity index (χ1) is 0. The average Bonchev–Trinajstić information content (AvgIpc) is 0. The monoisotopic (exact) mass is 587 g/mol. The van der Waals surface area contributed by atoms with Crippen molar-refractivity contribution < 1.29 is 0 Å². The van der Waals surface area contributed by atoms with Gasteiger partial charge in [0.15, 0.2) is 0 Å². The van der Waals surface area contributed by atoms with Crippen LogP contribution in [0.3, 0.4) is 0 Å². The second-order valence-electron chi connectivity index (χ2n) is 0. The Morgan fingerprint density at radius 2 is 0.400 bits per heavy atom. The Balaban J connectivity index is 0. The van der Waals surface area contributed by atoms with E-state index in [9.17, 15) is 0 Å². The van der Waals surface area contributed by atoms with E-state index >= 15 is 0 Å². The van der Waals surface area contributed by atoms with Crippen LogP contribution in [0.15, 0.2) is 0 Å².